The van der Waals surface area contributed by atoms with E-state index in [9.17, 15) is 24.3 Å². The molecule has 0 unspecified atom stereocenters. The van der Waals surface area contributed by atoms with Crippen LogP contribution in [0.5, 0.6) is 17.2 Å². The smallest absolute Gasteiger partial charge is 0.347 e. The average molecular weight is 469 g/mol. The maximum Gasteiger partial charge on any atom is 0.347 e. The number of benzene rings is 2. The van der Waals surface area contributed by atoms with E-state index in [1.807, 2.05) is 6.92 Å². The van der Waals surface area contributed by atoms with Crippen molar-refractivity contribution in [1.82, 2.24) is 5.06 Å². The lowest BCUT2D eigenvalue weighted by molar-refractivity contribution is -0.197. The predicted molar refractivity (Wildman–Crippen MR) is 119 cm³/mol. The minimum atomic E-state index is -0.673. The monoisotopic (exact) mass is 469 g/mol. The number of amides is 2. The lowest BCUT2D eigenvalue weighted by Crippen LogP contribution is -2.31. The number of aryl methyl sites for hydroxylation is 1. The lowest BCUT2D eigenvalue weighted by Gasteiger charge is -2.13. The Morgan fingerprint density at radius 3 is 2.47 bits per heavy atom. The maximum atomic E-state index is 12.5. The fraction of sp³-hybridized carbons (Fsp3) is 0.333. The molecule has 0 radical (unpaired) electrons. The number of phenolic OH excluding ortho intramolecular Hbond substituents is 1. The van der Waals surface area contributed by atoms with Crippen molar-refractivity contribution in [2.45, 2.75) is 39.0 Å². The highest BCUT2D eigenvalue weighted by molar-refractivity contribution is 6.08. The van der Waals surface area contributed by atoms with Crippen molar-refractivity contribution < 1.29 is 38.2 Å². The predicted octanol–water partition coefficient (Wildman–Crippen LogP) is 3.13. The minimum Gasteiger partial charge on any atom is -0.507 e. The van der Waals surface area contributed by atoms with Crippen LogP contribution in [-0.4, -0.2) is 41.7 Å². The number of hydroxylamine groups is 2. The Balaban J connectivity index is 1.41. The van der Waals surface area contributed by atoms with Crippen molar-refractivity contribution in [3.8, 4) is 17.2 Å². The molecule has 2 heterocycles. The van der Waals surface area contributed by atoms with Crippen LogP contribution in [0.15, 0.2) is 33.5 Å². The van der Waals surface area contributed by atoms with E-state index in [0.29, 0.717) is 45.8 Å². The van der Waals surface area contributed by atoms with E-state index >= 15 is 0 Å². The zero-order chi connectivity index (χ0) is 24.4. The molecule has 1 fully saturated rings. The van der Waals surface area contributed by atoms with Crippen LogP contribution in [0.25, 0.3) is 21.7 Å². The van der Waals surface area contributed by atoms with E-state index in [-0.39, 0.29) is 37.0 Å². The second-order valence-corrected chi connectivity index (χ2v) is 7.92. The van der Waals surface area contributed by atoms with Crippen LogP contribution in [-0.2, 0) is 19.2 Å². The topological polar surface area (TPSA) is 133 Å². The van der Waals surface area contributed by atoms with Crippen LogP contribution in [0, 0.1) is 6.92 Å². The number of hydrogen-bond acceptors (Lipinski definition) is 9. The fourth-order valence-corrected chi connectivity index (χ4v) is 3.88. The Kier molecular flexibility index (Phi) is 6.40. The molecular formula is C24H23NO9. The largest absolute Gasteiger partial charge is 0.507 e. The Morgan fingerprint density at radius 1 is 1.03 bits per heavy atom. The molecule has 10 heteroatoms. The van der Waals surface area contributed by atoms with Gasteiger partial charge >= 0.3 is 11.6 Å². The van der Waals surface area contributed by atoms with Gasteiger partial charge in [0.2, 0.25) is 0 Å². The van der Waals surface area contributed by atoms with Gasteiger partial charge in [-0.1, -0.05) is 0 Å². The van der Waals surface area contributed by atoms with Gasteiger partial charge in [-0.25, -0.2) is 9.59 Å². The number of methoxy groups -OCH3 is 1. The van der Waals surface area contributed by atoms with Crippen molar-refractivity contribution in [3.05, 3.63) is 40.2 Å². The lowest BCUT2D eigenvalue weighted by atomic mass is 10.0. The van der Waals surface area contributed by atoms with Crippen LogP contribution in [0.3, 0.4) is 0 Å². The van der Waals surface area contributed by atoms with E-state index in [0.717, 1.165) is 5.56 Å². The molecule has 1 saturated heterocycles. The molecule has 0 bridgehead atoms. The van der Waals surface area contributed by atoms with Gasteiger partial charge in [-0.3, -0.25) is 9.59 Å². The van der Waals surface area contributed by atoms with Gasteiger partial charge in [0.15, 0.2) is 0 Å². The summed E-state index contributed by atoms with van der Waals surface area (Å²) in [4.78, 5) is 52.1. The number of hydrogen-bond donors (Lipinski definition) is 1. The third-order valence-corrected chi connectivity index (χ3v) is 5.52. The van der Waals surface area contributed by atoms with E-state index in [1.165, 1.54) is 13.2 Å². The molecular weight excluding hydrogens is 446 g/mol. The summed E-state index contributed by atoms with van der Waals surface area (Å²) in [7, 11) is 1.47. The van der Waals surface area contributed by atoms with Crippen molar-refractivity contribution in [3.63, 3.8) is 0 Å². The highest BCUT2D eigenvalue weighted by Gasteiger charge is 2.32. The van der Waals surface area contributed by atoms with Crippen LogP contribution in [0.1, 0.15) is 37.7 Å². The highest BCUT2D eigenvalue weighted by Crippen LogP contribution is 2.35. The molecule has 1 N–H and O–H groups in total. The van der Waals surface area contributed by atoms with E-state index < -0.39 is 23.4 Å². The summed E-state index contributed by atoms with van der Waals surface area (Å²) in [5.74, 6) is -1.01. The molecule has 4 rings (SSSR count). The summed E-state index contributed by atoms with van der Waals surface area (Å²) in [6, 6.07) is 6.41. The molecule has 0 aliphatic carbocycles. The molecule has 2 aromatic carbocycles. The Labute approximate surface area is 193 Å². The number of phenols is 1. The number of fused-ring (bicyclic) bond motifs is 3. The highest BCUT2D eigenvalue weighted by atomic mass is 16.7. The summed E-state index contributed by atoms with van der Waals surface area (Å²) in [6.45, 7) is 2.12. The normalized spacial score (nSPS) is 13.6. The number of ether oxygens (including phenoxy) is 2. The van der Waals surface area contributed by atoms with Gasteiger partial charge in [0.05, 0.1) is 13.7 Å². The molecule has 2 amide bonds. The molecule has 0 atom stereocenters. The van der Waals surface area contributed by atoms with Crippen LogP contribution in [0.4, 0.5) is 0 Å². The molecule has 1 aliphatic rings. The van der Waals surface area contributed by atoms with Gasteiger partial charge in [0.1, 0.15) is 28.2 Å². The summed E-state index contributed by atoms with van der Waals surface area (Å²) in [6.07, 6.45) is 1.08. The molecule has 34 heavy (non-hydrogen) atoms. The Hall–Kier alpha value is -4.08. The van der Waals surface area contributed by atoms with Crippen molar-refractivity contribution in [2.24, 2.45) is 0 Å². The second-order valence-electron chi connectivity index (χ2n) is 7.92. The number of imide groups is 1. The zero-order valence-electron chi connectivity index (χ0n) is 18.7. The summed E-state index contributed by atoms with van der Waals surface area (Å²) in [5.41, 5.74) is 0.411. The van der Waals surface area contributed by atoms with Gasteiger partial charge in [0, 0.05) is 42.2 Å². The first-order valence-corrected chi connectivity index (χ1v) is 10.8. The van der Waals surface area contributed by atoms with E-state index in [4.69, 9.17) is 18.7 Å². The molecule has 0 spiro atoms. The van der Waals surface area contributed by atoms with Gasteiger partial charge in [-0.2, -0.15) is 0 Å². The van der Waals surface area contributed by atoms with Gasteiger partial charge in [0.25, 0.3) is 11.8 Å². The van der Waals surface area contributed by atoms with E-state index in [2.05, 4.69) is 0 Å². The first kappa shape index (κ1) is 23.1. The number of unbranched alkanes of at least 4 members (excludes halogenated alkanes) is 1. The Morgan fingerprint density at radius 2 is 1.76 bits per heavy atom. The third-order valence-electron chi connectivity index (χ3n) is 5.52. The van der Waals surface area contributed by atoms with Crippen LogP contribution >= 0.6 is 0 Å². The van der Waals surface area contributed by atoms with Gasteiger partial charge < -0.3 is 23.8 Å². The summed E-state index contributed by atoms with van der Waals surface area (Å²) < 4.78 is 16.4. The fourth-order valence-electron chi connectivity index (χ4n) is 3.88. The molecule has 178 valence electrons. The first-order valence-electron chi connectivity index (χ1n) is 10.8. The first-order chi connectivity index (χ1) is 16.3. The number of carbonyl (C=O) groups is 3. The summed E-state index contributed by atoms with van der Waals surface area (Å²) >= 11 is 0. The number of aromatic hydroxyl groups is 1. The summed E-state index contributed by atoms with van der Waals surface area (Å²) in [5, 5.41) is 12.0. The number of rotatable bonds is 8. The molecule has 3 aromatic rings. The van der Waals surface area contributed by atoms with Crippen molar-refractivity contribution in [1.29, 1.82) is 0 Å². The molecule has 0 saturated carbocycles. The van der Waals surface area contributed by atoms with Gasteiger partial charge in [-0.05, 0) is 37.5 Å². The molecule has 1 aliphatic heterocycles. The van der Waals surface area contributed by atoms with Crippen molar-refractivity contribution in [2.75, 3.05) is 13.7 Å². The standard InChI is InChI=1S/C24H23NO9/c1-13-9-15(32-8-4-3-5-21(29)34-25-19(27)6-7-20(25)28)12-18-22(13)16-10-14(31-2)11-17(26)23(16)24(30)33-18/h9-12,26H,3-8H2,1-2H3. The quantitative estimate of drug-likeness (QED) is 0.229. The number of carbonyl (C=O) groups excluding carboxylic acids is 3. The second kappa shape index (κ2) is 9.42. The van der Waals surface area contributed by atoms with Crippen LogP contribution in [0.2, 0.25) is 0 Å². The van der Waals surface area contributed by atoms with Crippen LogP contribution < -0.4 is 15.1 Å². The Bertz CT molecular complexity index is 1340. The zero-order valence-corrected chi connectivity index (χ0v) is 18.7. The third kappa shape index (κ3) is 4.52. The molecule has 1 aromatic heterocycles. The maximum absolute atomic E-state index is 12.5. The minimum absolute atomic E-state index is 0.0311. The van der Waals surface area contributed by atoms with Crippen molar-refractivity contribution >= 4 is 39.5 Å². The molecule has 10 nitrogen and oxygen atoms in total. The number of nitrogens with zero attached hydrogens (tertiary/aromatic N) is 1. The average Bonchev–Trinajstić information content (AvgIpc) is 3.10. The van der Waals surface area contributed by atoms with Gasteiger partial charge in [-0.15, -0.1) is 5.06 Å². The SMILES string of the molecule is COc1cc(O)c2c(=O)oc3cc(OCCCCC(=O)ON4C(=O)CCC4=O)cc(C)c3c2c1. The van der Waals surface area contributed by atoms with E-state index in [1.54, 1.807) is 18.2 Å².